The molecule has 0 fully saturated rings. The zero-order chi connectivity index (χ0) is 23.0. The zero-order valence-electron chi connectivity index (χ0n) is 16.9. The van der Waals surface area contributed by atoms with Gasteiger partial charge < -0.3 is 19.1 Å². The smallest absolute Gasteiger partial charge is 0.436 e. The number of alkyl halides is 3. The number of aromatic nitrogens is 2. The molecule has 0 atom stereocenters. The summed E-state index contributed by atoms with van der Waals surface area (Å²) >= 11 is 5.90. The van der Waals surface area contributed by atoms with Gasteiger partial charge in [0.05, 0.1) is 12.3 Å². The molecule has 7 nitrogen and oxygen atoms in total. The number of fused-ring (bicyclic) bond motifs is 1. The Balaban J connectivity index is 1.69. The van der Waals surface area contributed by atoms with Crippen molar-refractivity contribution in [3.63, 3.8) is 0 Å². The summed E-state index contributed by atoms with van der Waals surface area (Å²) in [7, 11) is 1.57. The van der Waals surface area contributed by atoms with Crippen LogP contribution in [0.4, 0.5) is 18.9 Å². The molecule has 0 saturated heterocycles. The molecular formula is C21H17ClF3N3O4. The number of carbonyl (C=O) groups excluding carboxylic acids is 1. The number of anilines is 1. The maximum atomic E-state index is 13.3. The number of halogens is 4. The Morgan fingerprint density at radius 1 is 1.22 bits per heavy atom. The standard InChI is InChI=1S/C21H17ClF3N3O4/c1-3-30-20-17(22)18(21(23,24)25)26-28(20)14-6-4-5-12(9-14)19(29)27(2)13-7-8-15-16(10-13)32-11-31-15/h4-10H,3,11H2,1-2H3. The number of ether oxygens (including phenoxy) is 3. The lowest BCUT2D eigenvalue weighted by Gasteiger charge is -2.18. The molecular weight excluding hydrogens is 451 g/mol. The molecule has 0 bridgehead atoms. The highest BCUT2D eigenvalue weighted by molar-refractivity contribution is 6.32. The van der Waals surface area contributed by atoms with Gasteiger partial charge in [-0.25, -0.2) is 0 Å². The van der Waals surface area contributed by atoms with Gasteiger partial charge in [-0.05, 0) is 37.3 Å². The van der Waals surface area contributed by atoms with Crippen LogP contribution in [0.5, 0.6) is 17.4 Å². The summed E-state index contributed by atoms with van der Waals surface area (Å²) < 4.78 is 56.7. The van der Waals surface area contributed by atoms with E-state index in [1.54, 1.807) is 38.2 Å². The Kier molecular flexibility index (Phi) is 5.64. The van der Waals surface area contributed by atoms with E-state index in [-0.39, 0.29) is 30.5 Å². The molecule has 168 valence electrons. The van der Waals surface area contributed by atoms with Gasteiger partial charge in [0.2, 0.25) is 12.7 Å². The molecule has 0 spiro atoms. The summed E-state index contributed by atoms with van der Waals surface area (Å²) in [6, 6.07) is 11.1. The van der Waals surface area contributed by atoms with Crippen LogP contribution in [0.25, 0.3) is 5.69 Å². The molecule has 0 unspecified atom stereocenters. The number of hydrogen-bond acceptors (Lipinski definition) is 5. The summed E-state index contributed by atoms with van der Waals surface area (Å²) in [6.45, 7) is 1.79. The lowest BCUT2D eigenvalue weighted by atomic mass is 10.1. The topological polar surface area (TPSA) is 65.8 Å². The number of hydrogen-bond donors (Lipinski definition) is 0. The second-order valence-corrected chi connectivity index (χ2v) is 7.14. The SMILES string of the molecule is CCOc1c(Cl)c(C(F)(F)F)nn1-c1cccc(C(=O)N(C)c2ccc3c(c2)OCO3)c1. The Morgan fingerprint density at radius 2 is 1.97 bits per heavy atom. The van der Waals surface area contributed by atoms with Gasteiger partial charge in [-0.15, -0.1) is 0 Å². The molecule has 4 rings (SSSR count). The van der Waals surface area contributed by atoms with E-state index in [9.17, 15) is 18.0 Å². The van der Waals surface area contributed by atoms with Crippen molar-refractivity contribution < 1.29 is 32.2 Å². The van der Waals surface area contributed by atoms with Gasteiger partial charge in [0.15, 0.2) is 17.2 Å². The van der Waals surface area contributed by atoms with Gasteiger partial charge in [-0.2, -0.15) is 23.0 Å². The average molecular weight is 468 g/mol. The number of nitrogens with zero attached hydrogens (tertiary/aromatic N) is 3. The summed E-state index contributed by atoms with van der Waals surface area (Å²) in [5.41, 5.74) is -0.293. The summed E-state index contributed by atoms with van der Waals surface area (Å²) in [4.78, 5) is 14.4. The Bertz CT molecular complexity index is 1180. The van der Waals surface area contributed by atoms with E-state index in [2.05, 4.69) is 5.10 Å². The maximum Gasteiger partial charge on any atom is 0.436 e. The van der Waals surface area contributed by atoms with Crippen LogP contribution in [0.15, 0.2) is 42.5 Å². The number of benzene rings is 2. The van der Waals surface area contributed by atoms with E-state index < -0.39 is 22.8 Å². The van der Waals surface area contributed by atoms with Gasteiger partial charge in [-0.1, -0.05) is 17.7 Å². The minimum atomic E-state index is -4.76. The fraction of sp³-hybridized carbons (Fsp3) is 0.238. The van der Waals surface area contributed by atoms with Gasteiger partial charge in [0.25, 0.3) is 5.91 Å². The summed E-state index contributed by atoms with van der Waals surface area (Å²) in [5.74, 6) is 0.451. The zero-order valence-corrected chi connectivity index (χ0v) is 17.7. The second kappa shape index (κ2) is 8.27. The number of amides is 1. The molecule has 1 aliphatic rings. The van der Waals surface area contributed by atoms with Crippen LogP contribution in [0, 0.1) is 0 Å². The highest BCUT2D eigenvalue weighted by Crippen LogP contribution is 2.40. The third kappa shape index (κ3) is 3.93. The van der Waals surface area contributed by atoms with E-state index in [4.69, 9.17) is 25.8 Å². The minimum Gasteiger partial charge on any atom is -0.477 e. The molecule has 11 heteroatoms. The van der Waals surface area contributed by atoms with Crippen molar-refractivity contribution in [2.24, 2.45) is 0 Å². The molecule has 1 amide bonds. The fourth-order valence-corrected chi connectivity index (χ4v) is 3.46. The molecule has 1 aromatic heterocycles. The highest BCUT2D eigenvalue weighted by atomic mass is 35.5. The van der Waals surface area contributed by atoms with Gasteiger partial charge >= 0.3 is 6.18 Å². The molecule has 1 aliphatic heterocycles. The lowest BCUT2D eigenvalue weighted by Crippen LogP contribution is -2.26. The van der Waals surface area contributed by atoms with Crippen molar-refractivity contribution in [1.82, 2.24) is 9.78 Å². The molecule has 32 heavy (non-hydrogen) atoms. The molecule has 3 aromatic rings. The van der Waals surface area contributed by atoms with Crippen LogP contribution in [0.1, 0.15) is 23.0 Å². The van der Waals surface area contributed by atoms with Crippen molar-refractivity contribution in [2.75, 3.05) is 25.3 Å². The average Bonchev–Trinajstić information content (AvgIpc) is 3.37. The molecule has 2 aromatic carbocycles. The Morgan fingerprint density at radius 3 is 2.69 bits per heavy atom. The second-order valence-electron chi connectivity index (χ2n) is 6.76. The third-order valence-electron chi connectivity index (χ3n) is 4.72. The van der Waals surface area contributed by atoms with Gasteiger partial charge in [0.1, 0.15) is 5.02 Å². The van der Waals surface area contributed by atoms with E-state index in [0.29, 0.717) is 17.2 Å². The van der Waals surface area contributed by atoms with E-state index >= 15 is 0 Å². The number of rotatable bonds is 5. The van der Waals surface area contributed by atoms with E-state index in [1.807, 2.05) is 0 Å². The first-order valence-electron chi connectivity index (χ1n) is 9.47. The van der Waals surface area contributed by atoms with E-state index in [0.717, 1.165) is 4.68 Å². The largest absolute Gasteiger partial charge is 0.477 e. The maximum absolute atomic E-state index is 13.3. The molecule has 0 radical (unpaired) electrons. The normalized spacial score (nSPS) is 12.7. The number of carbonyl (C=O) groups is 1. The summed E-state index contributed by atoms with van der Waals surface area (Å²) in [6.07, 6.45) is -4.76. The van der Waals surface area contributed by atoms with E-state index in [1.165, 1.54) is 23.1 Å². The first kappa shape index (κ1) is 21.8. The van der Waals surface area contributed by atoms with Crippen molar-refractivity contribution >= 4 is 23.2 Å². The van der Waals surface area contributed by atoms with Crippen LogP contribution in [-0.4, -0.2) is 36.1 Å². The fourth-order valence-electron chi connectivity index (χ4n) is 3.18. The van der Waals surface area contributed by atoms with Gasteiger partial charge in [0, 0.05) is 24.4 Å². The monoisotopic (exact) mass is 467 g/mol. The van der Waals surface area contributed by atoms with Crippen LogP contribution in [0.3, 0.4) is 0 Å². The lowest BCUT2D eigenvalue weighted by molar-refractivity contribution is -0.141. The third-order valence-corrected chi connectivity index (χ3v) is 5.06. The predicted octanol–water partition coefficient (Wildman–Crippen LogP) is 4.95. The first-order chi connectivity index (χ1) is 15.2. The van der Waals surface area contributed by atoms with Gasteiger partial charge in [-0.3, -0.25) is 4.79 Å². The van der Waals surface area contributed by atoms with Crippen LogP contribution < -0.4 is 19.1 Å². The Hall–Kier alpha value is -3.40. The Labute approximate surface area is 185 Å². The molecule has 0 saturated carbocycles. The predicted molar refractivity (Wildman–Crippen MR) is 110 cm³/mol. The van der Waals surface area contributed by atoms with Crippen molar-refractivity contribution in [3.8, 4) is 23.1 Å². The van der Waals surface area contributed by atoms with Crippen molar-refractivity contribution in [3.05, 3.63) is 58.7 Å². The quantitative estimate of drug-likeness (QED) is 0.531. The molecule has 0 aliphatic carbocycles. The van der Waals surface area contributed by atoms with Crippen LogP contribution >= 0.6 is 11.6 Å². The highest BCUT2D eigenvalue weighted by Gasteiger charge is 2.40. The molecule has 0 N–H and O–H groups in total. The minimum absolute atomic E-state index is 0.0776. The van der Waals surface area contributed by atoms with Crippen LogP contribution in [-0.2, 0) is 6.18 Å². The first-order valence-corrected chi connectivity index (χ1v) is 9.85. The summed E-state index contributed by atoms with van der Waals surface area (Å²) in [5, 5.41) is 2.95. The van der Waals surface area contributed by atoms with Crippen LogP contribution in [0.2, 0.25) is 5.02 Å². The van der Waals surface area contributed by atoms with Crippen molar-refractivity contribution in [1.29, 1.82) is 0 Å². The molecule has 2 heterocycles. The van der Waals surface area contributed by atoms with Crippen molar-refractivity contribution in [2.45, 2.75) is 13.1 Å².